The normalized spacial score (nSPS) is 10.9. The first-order valence-electron chi connectivity index (χ1n) is 6.72. The van der Waals surface area contributed by atoms with Crippen LogP contribution in [0, 0.1) is 13.8 Å². The predicted octanol–water partition coefficient (Wildman–Crippen LogP) is 3.45. The van der Waals surface area contributed by atoms with Crippen molar-refractivity contribution < 1.29 is 9.53 Å². The van der Waals surface area contributed by atoms with Gasteiger partial charge in [-0.1, -0.05) is 41.4 Å². The van der Waals surface area contributed by atoms with Crippen LogP contribution in [-0.2, 0) is 4.74 Å². The SMILES string of the molecule is COC(=O)c1cc(-c2ccc(C)cc2)nc2c(Cl)c(C)nn12. The summed E-state index contributed by atoms with van der Waals surface area (Å²) in [7, 11) is 1.33. The first-order chi connectivity index (χ1) is 10.5. The van der Waals surface area contributed by atoms with Crippen molar-refractivity contribution in [2.45, 2.75) is 13.8 Å². The zero-order valence-electron chi connectivity index (χ0n) is 12.4. The average molecular weight is 316 g/mol. The number of methoxy groups -OCH3 is 1. The Balaban J connectivity index is 2.30. The standard InChI is InChI=1S/C16H14ClN3O2/c1-9-4-6-11(7-5-9)12-8-13(16(21)22-3)20-15(18-12)14(17)10(2)19-20/h4-8H,1-3H3. The third kappa shape index (κ3) is 2.33. The Morgan fingerprint density at radius 1 is 1.23 bits per heavy atom. The fourth-order valence-electron chi connectivity index (χ4n) is 2.22. The zero-order chi connectivity index (χ0) is 15.9. The second-order valence-electron chi connectivity index (χ2n) is 5.02. The first-order valence-corrected chi connectivity index (χ1v) is 7.10. The van der Waals surface area contributed by atoms with Crippen LogP contribution in [-0.4, -0.2) is 27.7 Å². The maximum Gasteiger partial charge on any atom is 0.356 e. The third-order valence-corrected chi connectivity index (χ3v) is 3.88. The van der Waals surface area contributed by atoms with Gasteiger partial charge in [0.05, 0.1) is 18.5 Å². The van der Waals surface area contributed by atoms with Crippen LogP contribution in [0.3, 0.4) is 0 Å². The van der Waals surface area contributed by atoms with Gasteiger partial charge in [0, 0.05) is 5.56 Å². The molecule has 3 aromatic rings. The van der Waals surface area contributed by atoms with Gasteiger partial charge in [-0.3, -0.25) is 0 Å². The zero-order valence-corrected chi connectivity index (χ0v) is 13.2. The number of halogens is 1. The summed E-state index contributed by atoms with van der Waals surface area (Å²) in [4.78, 5) is 16.6. The minimum Gasteiger partial charge on any atom is -0.464 e. The van der Waals surface area contributed by atoms with Crippen LogP contribution in [0.1, 0.15) is 21.7 Å². The van der Waals surface area contributed by atoms with E-state index in [1.807, 2.05) is 31.2 Å². The molecule has 0 amide bonds. The molecule has 0 atom stereocenters. The molecule has 0 aliphatic heterocycles. The fraction of sp³-hybridized carbons (Fsp3) is 0.188. The van der Waals surface area contributed by atoms with Crippen molar-refractivity contribution in [3.05, 3.63) is 52.3 Å². The maximum absolute atomic E-state index is 12.0. The van der Waals surface area contributed by atoms with E-state index in [-0.39, 0.29) is 5.69 Å². The van der Waals surface area contributed by atoms with E-state index in [0.29, 0.717) is 22.1 Å². The Bertz CT molecular complexity index is 869. The van der Waals surface area contributed by atoms with Crippen molar-refractivity contribution >= 4 is 23.2 Å². The Labute approximate surface area is 132 Å². The number of aryl methyl sites for hydroxylation is 2. The fourth-order valence-corrected chi connectivity index (χ4v) is 2.38. The molecule has 0 fully saturated rings. The molecule has 2 aromatic heterocycles. The number of nitrogens with zero attached hydrogens (tertiary/aromatic N) is 3. The van der Waals surface area contributed by atoms with Gasteiger partial charge in [-0.25, -0.2) is 14.3 Å². The molecule has 0 spiro atoms. The van der Waals surface area contributed by atoms with Crippen LogP contribution in [0.15, 0.2) is 30.3 Å². The topological polar surface area (TPSA) is 56.5 Å². The molecule has 22 heavy (non-hydrogen) atoms. The van der Waals surface area contributed by atoms with Gasteiger partial charge >= 0.3 is 5.97 Å². The number of ether oxygens (including phenoxy) is 1. The molecule has 3 rings (SSSR count). The number of esters is 1. The van der Waals surface area contributed by atoms with Gasteiger partial charge in [0.2, 0.25) is 0 Å². The molecule has 0 aliphatic carbocycles. The van der Waals surface area contributed by atoms with E-state index < -0.39 is 5.97 Å². The summed E-state index contributed by atoms with van der Waals surface area (Å²) in [5.74, 6) is -0.486. The molecule has 5 nitrogen and oxygen atoms in total. The van der Waals surface area contributed by atoms with Crippen molar-refractivity contribution in [3.8, 4) is 11.3 Å². The number of fused-ring (bicyclic) bond motifs is 1. The van der Waals surface area contributed by atoms with Crippen LogP contribution < -0.4 is 0 Å². The lowest BCUT2D eigenvalue weighted by Gasteiger charge is -2.07. The highest BCUT2D eigenvalue weighted by Gasteiger charge is 2.19. The summed E-state index contributed by atoms with van der Waals surface area (Å²) in [5.41, 5.74) is 4.04. The predicted molar refractivity (Wildman–Crippen MR) is 84.2 cm³/mol. The Hall–Kier alpha value is -2.40. The van der Waals surface area contributed by atoms with Gasteiger partial charge in [0.15, 0.2) is 11.3 Å². The van der Waals surface area contributed by atoms with Crippen molar-refractivity contribution in [1.29, 1.82) is 0 Å². The highest BCUT2D eigenvalue weighted by Crippen LogP contribution is 2.26. The van der Waals surface area contributed by atoms with Gasteiger partial charge < -0.3 is 4.74 Å². The van der Waals surface area contributed by atoms with E-state index in [2.05, 4.69) is 10.1 Å². The van der Waals surface area contributed by atoms with Crippen LogP contribution in [0.5, 0.6) is 0 Å². The Morgan fingerprint density at radius 2 is 1.91 bits per heavy atom. The van der Waals surface area contributed by atoms with E-state index in [4.69, 9.17) is 16.3 Å². The molecule has 0 unspecified atom stereocenters. The molecule has 0 aliphatic rings. The van der Waals surface area contributed by atoms with E-state index >= 15 is 0 Å². The number of carbonyl (C=O) groups excluding carboxylic acids is 1. The second-order valence-corrected chi connectivity index (χ2v) is 5.40. The molecule has 0 saturated heterocycles. The van der Waals surface area contributed by atoms with Crippen molar-refractivity contribution in [2.24, 2.45) is 0 Å². The lowest BCUT2D eigenvalue weighted by molar-refractivity contribution is 0.0590. The van der Waals surface area contributed by atoms with Crippen molar-refractivity contribution in [2.75, 3.05) is 7.11 Å². The quantitative estimate of drug-likeness (QED) is 0.680. The minimum atomic E-state index is -0.486. The number of carbonyl (C=O) groups is 1. The summed E-state index contributed by atoms with van der Waals surface area (Å²) < 4.78 is 6.25. The van der Waals surface area contributed by atoms with Crippen LogP contribution in [0.25, 0.3) is 16.9 Å². The smallest absolute Gasteiger partial charge is 0.356 e. The molecule has 1 aromatic carbocycles. The number of rotatable bonds is 2. The van der Waals surface area contributed by atoms with Crippen molar-refractivity contribution in [1.82, 2.24) is 14.6 Å². The van der Waals surface area contributed by atoms with Crippen LogP contribution in [0.2, 0.25) is 5.02 Å². The monoisotopic (exact) mass is 315 g/mol. The van der Waals surface area contributed by atoms with Gasteiger partial charge in [-0.15, -0.1) is 0 Å². The molecular formula is C16H14ClN3O2. The van der Waals surface area contributed by atoms with Gasteiger partial charge in [0.25, 0.3) is 0 Å². The Kier molecular flexibility index (Phi) is 3.58. The number of hydrogen-bond acceptors (Lipinski definition) is 4. The largest absolute Gasteiger partial charge is 0.464 e. The van der Waals surface area contributed by atoms with E-state index in [0.717, 1.165) is 11.1 Å². The highest BCUT2D eigenvalue weighted by molar-refractivity contribution is 6.34. The summed E-state index contributed by atoms with van der Waals surface area (Å²) in [6, 6.07) is 9.54. The molecule has 112 valence electrons. The second kappa shape index (κ2) is 5.42. The van der Waals surface area contributed by atoms with Gasteiger partial charge in [-0.2, -0.15) is 5.10 Å². The average Bonchev–Trinajstić information content (AvgIpc) is 2.81. The van der Waals surface area contributed by atoms with E-state index in [1.165, 1.54) is 11.6 Å². The van der Waals surface area contributed by atoms with Gasteiger partial charge in [0.1, 0.15) is 5.02 Å². The third-order valence-electron chi connectivity index (χ3n) is 3.43. The lowest BCUT2D eigenvalue weighted by Crippen LogP contribution is -2.10. The minimum absolute atomic E-state index is 0.290. The molecule has 0 radical (unpaired) electrons. The highest BCUT2D eigenvalue weighted by atomic mass is 35.5. The molecule has 6 heteroatoms. The molecular weight excluding hydrogens is 302 g/mol. The Morgan fingerprint density at radius 3 is 2.55 bits per heavy atom. The lowest BCUT2D eigenvalue weighted by atomic mass is 10.1. The molecule has 0 saturated carbocycles. The van der Waals surface area contributed by atoms with Gasteiger partial charge in [-0.05, 0) is 19.9 Å². The number of benzene rings is 1. The van der Waals surface area contributed by atoms with E-state index in [1.54, 1.807) is 13.0 Å². The number of aromatic nitrogens is 3. The summed E-state index contributed by atoms with van der Waals surface area (Å²) in [5, 5.41) is 4.68. The molecule has 2 heterocycles. The molecule has 0 N–H and O–H groups in total. The number of hydrogen-bond donors (Lipinski definition) is 0. The van der Waals surface area contributed by atoms with Crippen LogP contribution >= 0.6 is 11.6 Å². The summed E-state index contributed by atoms with van der Waals surface area (Å²) in [6.45, 7) is 3.78. The first kappa shape index (κ1) is 14.5. The summed E-state index contributed by atoms with van der Waals surface area (Å²) >= 11 is 6.25. The summed E-state index contributed by atoms with van der Waals surface area (Å²) in [6.07, 6.45) is 0. The van der Waals surface area contributed by atoms with Crippen LogP contribution in [0.4, 0.5) is 0 Å². The molecule has 0 bridgehead atoms. The van der Waals surface area contributed by atoms with E-state index in [9.17, 15) is 4.79 Å². The maximum atomic E-state index is 12.0. The van der Waals surface area contributed by atoms with Crippen molar-refractivity contribution in [3.63, 3.8) is 0 Å².